The Morgan fingerprint density at radius 1 is 1.23 bits per heavy atom. The molecule has 1 aromatic heterocycles. The molecule has 3 rings (SSSR count). The van der Waals surface area contributed by atoms with Crippen LogP contribution in [0.15, 0.2) is 36.5 Å². The summed E-state index contributed by atoms with van der Waals surface area (Å²) in [4.78, 5) is 31.9. The Labute approximate surface area is 151 Å². The van der Waals surface area contributed by atoms with Gasteiger partial charge in [0.15, 0.2) is 0 Å². The summed E-state index contributed by atoms with van der Waals surface area (Å²) in [5, 5.41) is 8.54. The number of benzene rings is 1. The summed E-state index contributed by atoms with van der Waals surface area (Å²) in [6, 6.07) is 8.45. The van der Waals surface area contributed by atoms with Crippen LogP contribution in [0.2, 0.25) is 0 Å². The maximum Gasteiger partial charge on any atom is 0.274 e. The van der Waals surface area contributed by atoms with Crippen LogP contribution in [0.25, 0.3) is 0 Å². The number of aromatic nitrogens is 2. The van der Waals surface area contributed by atoms with Gasteiger partial charge in [0, 0.05) is 37.6 Å². The van der Waals surface area contributed by atoms with Crippen molar-refractivity contribution in [2.45, 2.75) is 25.9 Å². The average Bonchev–Trinajstić information content (AvgIpc) is 3.13. The molecule has 0 bridgehead atoms. The molecule has 0 aliphatic carbocycles. The van der Waals surface area contributed by atoms with Crippen molar-refractivity contribution in [2.75, 3.05) is 29.1 Å². The summed E-state index contributed by atoms with van der Waals surface area (Å²) < 4.78 is 5.54. The van der Waals surface area contributed by atoms with Crippen molar-refractivity contribution in [3.05, 3.63) is 42.2 Å². The summed E-state index contributed by atoms with van der Waals surface area (Å²) in [6.45, 7) is 2.83. The average molecular weight is 355 g/mol. The lowest BCUT2D eigenvalue weighted by Gasteiger charge is -2.11. The number of amides is 2. The third-order valence-electron chi connectivity index (χ3n) is 3.84. The Morgan fingerprint density at radius 2 is 2.04 bits per heavy atom. The van der Waals surface area contributed by atoms with Crippen LogP contribution in [0.5, 0.6) is 0 Å². The van der Waals surface area contributed by atoms with Gasteiger partial charge in [0.1, 0.15) is 5.69 Å². The van der Waals surface area contributed by atoms with Crippen molar-refractivity contribution < 1.29 is 14.3 Å². The van der Waals surface area contributed by atoms with Crippen LogP contribution in [0.3, 0.4) is 0 Å². The minimum absolute atomic E-state index is 0.160. The lowest BCUT2D eigenvalue weighted by Crippen LogP contribution is -2.21. The third kappa shape index (κ3) is 5.00. The zero-order valence-corrected chi connectivity index (χ0v) is 14.5. The molecule has 8 nitrogen and oxygen atoms in total. The molecule has 8 heteroatoms. The molecule has 1 atom stereocenters. The van der Waals surface area contributed by atoms with Gasteiger partial charge in [-0.1, -0.05) is 6.07 Å². The second kappa shape index (κ2) is 8.39. The molecule has 1 saturated heterocycles. The van der Waals surface area contributed by atoms with Crippen molar-refractivity contribution in [1.82, 2.24) is 9.97 Å². The summed E-state index contributed by atoms with van der Waals surface area (Å²) >= 11 is 0. The van der Waals surface area contributed by atoms with Crippen LogP contribution in [0.1, 0.15) is 30.3 Å². The van der Waals surface area contributed by atoms with E-state index in [1.165, 1.54) is 13.1 Å². The van der Waals surface area contributed by atoms with Gasteiger partial charge in [0.05, 0.1) is 6.10 Å². The zero-order valence-electron chi connectivity index (χ0n) is 14.5. The van der Waals surface area contributed by atoms with Crippen LogP contribution >= 0.6 is 0 Å². The van der Waals surface area contributed by atoms with E-state index in [4.69, 9.17) is 4.74 Å². The Hall–Kier alpha value is -3.00. The second-order valence-corrected chi connectivity index (χ2v) is 6.00. The normalized spacial score (nSPS) is 16.1. The summed E-state index contributed by atoms with van der Waals surface area (Å²) in [5.41, 5.74) is 1.42. The molecule has 1 aliphatic rings. The standard InChI is InChI=1S/C18H21N5O3/c1-12(24)21-13-4-2-5-14(10-13)22-17(25)16-7-8-19-18(23-16)20-11-15-6-3-9-26-15/h2,4-5,7-8,10,15H,3,6,9,11H2,1H3,(H,21,24)(H,22,25)(H,19,20,23). The van der Waals surface area contributed by atoms with E-state index in [2.05, 4.69) is 25.9 Å². The monoisotopic (exact) mass is 355 g/mol. The molecule has 1 aromatic carbocycles. The summed E-state index contributed by atoms with van der Waals surface area (Å²) in [7, 11) is 0. The van der Waals surface area contributed by atoms with Gasteiger partial charge in [0.2, 0.25) is 11.9 Å². The number of anilines is 3. The summed E-state index contributed by atoms with van der Waals surface area (Å²) in [6.07, 6.45) is 3.77. The first-order valence-electron chi connectivity index (χ1n) is 8.48. The minimum Gasteiger partial charge on any atom is -0.376 e. The minimum atomic E-state index is -0.354. The molecule has 1 unspecified atom stereocenters. The molecule has 1 aliphatic heterocycles. The second-order valence-electron chi connectivity index (χ2n) is 6.00. The molecular formula is C18H21N5O3. The molecule has 3 N–H and O–H groups in total. The SMILES string of the molecule is CC(=O)Nc1cccc(NC(=O)c2ccnc(NCC3CCCO3)n2)c1. The fourth-order valence-corrected chi connectivity index (χ4v) is 2.65. The van der Waals surface area contributed by atoms with Gasteiger partial charge >= 0.3 is 0 Å². The van der Waals surface area contributed by atoms with Crippen molar-refractivity contribution in [1.29, 1.82) is 0 Å². The number of hydrogen-bond acceptors (Lipinski definition) is 6. The van der Waals surface area contributed by atoms with Crippen LogP contribution < -0.4 is 16.0 Å². The highest BCUT2D eigenvalue weighted by Gasteiger charge is 2.16. The number of hydrogen-bond donors (Lipinski definition) is 3. The van der Waals surface area contributed by atoms with Gasteiger partial charge in [-0.15, -0.1) is 0 Å². The third-order valence-corrected chi connectivity index (χ3v) is 3.84. The molecule has 136 valence electrons. The highest BCUT2D eigenvalue weighted by Crippen LogP contribution is 2.16. The Kier molecular flexibility index (Phi) is 5.75. The van der Waals surface area contributed by atoms with Gasteiger partial charge in [-0.05, 0) is 37.1 Å². The lowest BCUT2D eigenvalue weighted by molar-refractivity contribution is -0.114. The maximum absolute atomic E-state index is 12.4. The lowest BCUT2D eigenvalue weighted by atomic mass is 10.2. The largest absolute Gasteiger partial charge is 0.376 e. The number of carbonyl (C=O) groups excluding carboxylic acids is 2. The summed E-state index contributed by atoms with van der Waals surface area (Å²) in [5.74, 6) is -0.140. The fraction of sp³-hybridized carbons (Fsp3) is 0.333. The Morgan fingerprint density at radius 3 is 2.77 bits per heavy atom. The number of nitrogens with one attached hydrogen (secondary N) is 3. The van der Waals surface area contributed by atoms with Crippen LogP contribution in [-0.4, -0.2) is 41.0 Å². The van der Waals surface area contributed by atoms with Crippen molar-refractivity contribution in [2.24, 2.45) is 0 Å². The number of ether oxygens (including phenoxy) is 1. The van der Waals surface area contributed by atoms with Crippen LogP contribution in [-0.2, 0) is 9.53 Å². The molecule has 0 saturated carbocycles. The zero-order chi connectivity index (χ0) is 18.4. The van der Waals surface area contributed by atoms with Gasteiger partial charge in [-0.3, -0.25) is 9.59 Å². The number of carbonyl (C=O) groups is 2. The predicted octanol–water partition coefficient (Wildman–Crippen LogP) is 2.28. The maximum atomic E-state index is 12.4. The first kappa shape index (κ1) is 17.8. The van der Waals surface area contributed by atoms with Gasteiger partial charge in [-0.2, -0.15) is 0 Å². The van der Waals surface area contributed by atoms with E-state index in [1.54, 1.807) is 30.3 Å². The number of rotatable bonds is 6. The quantitative estimate of drug-likeness (QED) is 0.734. The van der Waals surface area contributed by atoms with Crippen LogP contribution in [0.4, 0.5) is 17.3 Å². The van der Waals surface area contributed by atoms with Gasteiger partial charge in [0.25, 0.3) is 5.91 Å². The van der Waals surface area contributed by atoms with E-state index in [-0.39, 0.29) is 23.6 Å². The van der Waals surface area contributed by atoms with Crippen molar-refractivity contribution in [3.8, 4) is 0 Å². The number of nitrogens with zero attached hydrogens (tertiary/aromatic N) is 2. The molecule has 0 radical (unpaired) electrons. The molecule has 1 fully saturated rings. The van der Waals surface area contributed by atoms with E-state index in [9.17, 15) is 9.59 Å². The molecule has 2 aromatic rings. The molecule has 2 heterocycles. The smallest absolute Gasteiger partial charge is 0.274 e. The van der Waals surface area contributed by atoms with E-state index >= 15 is 0 Å². The highest BCUT2D eigenvalue weighted by molar-refractivity contribution is 6.03. The van der Waals surface area contributed by atoms with Gasteiger partial charge in [-0.25, -0.2) is 9.97 Å². The Bertz CT molecular complexity index is 790. The van der Waals surface area contributed by atoms with Gasteiger partial charge < -0.3 is 20.7 Å². The Balaban J connectivity index is 1.62. The molecular weight excluding hydrogens is 334 g/mol. The predicted molar refractivity (Wildman–Crippen MR) is 98.2 cm³/mol. The highest BCUT2D eigenvalue weighted by atomic mass is 16.5. The van der Waals surface area contributed by atoms with E-state index in [0.717, 1.165) is 19.4 Å². The van der Waals surface area contributed by atoms with Crippen LogP contribution in [0, 0.1) is 0 Å². The van der Waals surface area contributed by atoms with E-state index < -0.39 is 0 Å². The van der Waals surface area contributed by atoms with Crippen molar-refractivity contribution >= 4 is 29.1 Å². The molecule has 2 amide bonds. The molecule has 0 spiro atoms. The topological polar surface area (TPSA) is 105 Å². The fourth-order valence-electron chi connectivity index (χ4n) is 2.65. The van der Waals surface area contributed by atoms with E-state index in [1.807, 2.05) is 0 Å². The first-order valence-corrected chi connectivity index (χ1v) is 8.48. The van der Waals surface area contributed by atoms with E-state index in [0.29, 0.717) is 23.9 Å². The van der Waals surface area contributed by atoms with Crippen molar-refractivity contribution in [3.63, 3.8) is 0 Å². The first-order chi connectivity index (χ1) is 12.6. The molecule has 26 heavy (non-hydrogen) atoms.